The molecule has 0 aliphatic rings. The molecule has 3 aromatic carbocycles. The number of nitrogens with one attached hydrogen (secondary N) is 1. The number of nitrogens with zero attached hydrogens (tertiary/aromatic N) is 1. The van der Waals surface area contributed by atoms with E-state index >= 15 is 0 Å². The van der Waals surface area contributed by atoms with E-state index in [4.69, 9.17) is 27.9 Å². The van der Waals surface area contributed by atoms with Crippen molar-refractivity contribution in [1.82, 2.24) is 0 Å². The van der Waals surface area contributed by atoms with Gasteiger partial charge in [-0.2, -0.15) is 5.26 Å². The molecule has 0 aromatic heterocycles. The van der Waals surface area contributed by atoms with Gasteiger partial charge in [-0.25, -0.2) is 4.79 Å². The predicted octanol–water partition coefficient (Wildman–Crippen LogP) is 5.82. The first-order chi connectivity index (χ1) is 15.4. The van der Waals surface area contributed by atoms with E-state index in [1.807, 2.05) is 30.3 Å². The monoisotopic (exact) mass is 466 g/mol. The van der Waals surface area contributed by atoms with Crippen LogP contribution in [0.15, 0.2) is 72.3 Å². The van der Waals surface area contributed by atoms with Crippen LogP contribution in [0.1, 0.15) is 21.5 Å². The summed E-state index contributed by atoms with van der Waals surface area (Å²) in [7, 11) is 0. The summed E-state index contributed by atoms with van der Waals surface area (Å²) < 4.78 is 5.72. The fraction of sp³-hybridized carbons (Fsp3) is 0.0417. The molecule has 2 N–H and O–H groups in total. The van der Waals surface area contributed by atoms with Crippen molar-refractivity contribution in [2.24, 2.45) is 0 Å². The zero-order chi connectivity index (χ0) is 23.1. The normalized spacial score (nSPS) is 10.8. The van der Waals surface area contributed by atoms with E-state index in [1.54, 1.807) is 12.1 Å². The van der Waals surface area contributed by atoms with Gasteiger partial charge in [-0.05, 0) is 41.5 Å². The molecule has 160 valence electrons. The van der Waals surface area contributed by atoms with Crippen LogP contribution in [-0.4, -0.2) is 17.0 Å². The highest BCUT2D eigenvalue weighted by Crippen LogP contribution is 2.35. The number of carbonyl (C=O) groups is 2. The molecule has 0 saturated heterocycles. The fourth-order valence-electron chi connectivity index (χ4n) is 2.81. The zero-order valence-corrected chi connectivity index (χ0v) is 18.0. The topological polar surface area (TPSA) is 99.4 Å². The summed E-state index contributed by atoms with van der Waals surface area (Å²) in [6, 6.07) is 20.2. The van der Waals surface area contributed by atoms with Crippen LogP contribution in [0.2, 0.25) is 10.0 Å². The molecule has 1 amide bonds. The molecule has 0 unspecified atom stereocenters. The summed E-state index contributed by atoms with van der Waals surface area (Å²) in [6.07, 6.45) is 1.30. The standard InChI is InChI=1S/C24H16Cl2N2O4/c25-19-11-16(12-20(26)22(19)32-14-15-6-2-1-3-7-15)10-17(13-27)23(29)28-21-9-5-4-8-18(21)24(30)31/h1-12H,14H2,(H,28,29)(H,30,31)/b17-10+. The van der Waals surface area contributed by atoms with E-state index in [-0.39, 0.29) is 39.2 Å². The molecule has 0 fully saturated rings. The van der Waals surface area contributed by atoms with Gasteiger partial charge in [-0.1, -0.05) is 65.7 Å². The number of anilines is 1. The fourth-order valence-corrected chi connectivity index (χ4v) is 3.43. The Morgan fingerprint density at radius 2 is 1.66 bits per heavy atom. The maximum atomic E-state index is 12.5. The van der Waals surface area contributed by atoms with E-state index in [9.17, 15) is 20.0 Å². The number of rotatable bonds is 7. The average Bonchev–Trinajstić information content (AvgIpc) is 2.77. The van der Waals surface area contributed by atoms with Crippen molar-refractivity contribution in [1.29, 1.82) is 5.26 Å². The summed E-state index contributed by atoms with van der Waals surface area (Å²) in [5.74, 6) is -1.68. The van der Waals surface area contributed by atoms with Crippen LogP contribution in [0.5, 0.6) is 5.75 Å². The number of nitriles is 1. The average molecular weight is 467 g/mol. The Balaban J connectivity index is 1.80. The Kier molecular flexibility index (Phi) is 7.50. The third-order valence-electron chi connectivity index (χ3n) is 4.33. The maximum absolute atomic E-state index is 12.5. The second kappa shape index (κ2) is 10.5. The SMILES string of the molecule is N#C/C(=C\c1cc(Cl)c(OCc2ccccc2)c(Cl)c1)C(=O)Nc1ccccc1C(=O)O. The smallest absolute Gasteiger partial charge is 0.337 e. The predicted molar refractivity (Wildman–Crippen MR) is 123 cm³/mol. The molecule has 0 spiro atoms. The van der Waals surface area contributed by atoms with E-state index in [2.05, 4.69) is 5.32 Å². The minimum absolute atomic E-state index is 0.0758. The molecule has 0 aliphatic carbocycles. The van der Waals surface area contributed by atoms with Gasteiger partial charge >= 0.3 is 5.97 Å². The van der Waals surface area contributed by atoms with E-state index in [1.165, 1.54) is 36.4 Å². The number of aromatic carboxylic acids is 1. The van der Waals surface area contributed by atoms with Crippen LogP contribution in [0.25, 0.3) is 6.08 Å². The quantitative estimate of drug-likeness (QED) is 0.337. The van der Waals surface area contributed by atoms with E-state index in [0.717, 1.165) is 5.56 Å². The van der Waals surface area contributed by atoms with Crippen molar-refractivity contribution >= 4 is 46.8 Å². The third-order valence-corrected chi connectivity index (χ3v) is 4.89. The van der Waals surface area contributed by atoms with Gasteiger partial charge in [0.2, 0.25) is 0 Å². The van der Waals surface area contributed by atoms with Crippen LogP contribution in [-0.2, 0) is 11.4 Å². The van der Waals surface area contributed by atoms with Gasteiger partial charge < -0.3 is 15.2 Å². The van der Waals surface area contributed by atoms with Crippen LogP contribution in [0, 0.1) is 11.3 Å². The summed E-state index contributed by atoms with van der Waals surface area (Å²) in [5, 5.41) is 21.5. The molecule has 6 nitrogen and oxygen atoms in total. The first kappa shape index (κ1) is 22.9. The Hall–Kier alpha value is -3.79. The number of benzene rings is 3. The lowest BCUT2D eigenvalue weighted by Crippen LogP contribution is -2.16. The number of hydrogen-bond acceptors (Lipinski definition) is 4. The first-order valence-corrected chi connectivity index (χ1v) is 10.1. The second-order valence-electron chi connectivity index (χ2n) is 6.56. The Labute approximate surface area is 194 Å². The van der Waals surface area contributed by atoms with Gasteiger partial charge in [-0.3, -0.25) is 4.79 Å². The number of carboxylic acid groups (broad SMARTS) is 1. The van der Waals surface area contributed by atoms with Crippen molar-refractivity contribution in [3.63, 3.8) is 0 Å². The number of ether oxygens (including phenoxy) is 1. The van der Waals surface area contributed by atoms with Crippen molar-refractivity contribution in [3.8, 4) is 11.8 Å². The first-order valence-electron chi connectivity index (χ1n) is 9.30. The van der Waals surface area contributed by atoms with Crippen LogP contribution >= 0.6 is 23.2 Å². The third kappa shape index (κ3) is 5.67. The molecular formula is C24H16Cl2N2O4. The minimum Gasteiger partial charge on any atom is -0.486 e. The van der Waals surface area contributed by atoms with Gasteiger partial charge in [0.1, 0.15) is 18.2 Å². The summed E-state index contributed by atoms with van der Waals surface area (Å²) in [6.45, 7) is 0.268. The van der Waals surface area contributed by atoms with E-state index < -0.39 is 11.9 Å². The molecule has 0 bridgehead atoms. The number of carboxylic acids is 1. The van der Waals surface area contributed by atoms with Crippen molar-refractivity contribution in [3.05, 3.63) is 99.0 Å². The molecule has 8 heteroatoms. The number of amides is 1. The van der Waals surface area contributed by atoms with Gasteiger partial charge in [0.25, 0.3) is 5.91 Å². The molecule has 32 heavy (non-hydrogen) atoms. The van der Waals surface area contributed by atoms with Crippen LogP contribution in [0.4, 0.5) is 5.69 Å². The van der Waals surface area contributed by atoms with Crippen molar-refractivity contribution in [2.75, 3.05) is 5.32 Å². The maximum Gasteiger partial charge on any atom is 0.337 e. The molecule has 0 radical (unpaired) electrons. The highest BCUT2D eigenvalue weighted by atomic mass is 35.5. The van der Waals surface area contributed by atoms with Gasteiger partial charge in [-0.15, -0.1) is 0 Å². The Bertz CT molecular complexity index is 1210. The Morgan fingerprint density at radius 1 is 1.03 bits per heavy atom. The van der Waals surface area contributed by atoms with Crippen molar-refractivity contribution < 1.29 is 19.4 Å². The van der Waals surface area contributed by atoms with Gasteiger partial charge in [0.15, 0.2) is 5.75 Å². The Morgan fingerprint density at radius 3 is 2.28 bits per heavy atom. The highest BCUT2D eigenvalue weighted by molar-refractivity contribution is 6.37. The molecule has 0 aliphatic heterocycles. The second-order valence-corrected chi connectivity index (χ2v) is 7.38. The summed E-state index contributed by atoms with van der Waals surface area (Å²) in [5.41, 5.74) is 1.07. The molecular weight excluding hydrogens is 451 g/mol. The molecule has 0 atom stereocenters. The van der Waals surface area contributed by atoms with E-state index in [0.29, 0.717) is 5.56 Å². The highest BCUT2D eigenvalue weighted by Gasteiger charge is 2.16. The minimum atomic E-state index is -1.20. The molecule has 3 rings (SSSR count). The number of para-hydroxylation sites is 1. The summed E-state index contributed by atoms with van der Waals surface area (Å²) >= 11 is 12.6. The number of carbonyl (C=O) groups excluding carboxylic acids is 1. The molecule has 3 aromatic rings. The molecule has 0 saturated carbocycles. The van der Waals surface area contributed by atoms with Gasteiger partial charge in [0.05, 0.1) is 21.3 Å². The largest absolute Gasteiger partial charge is 0.486 e. The number of hydrogen-bond donors (Lipinski definition) is 2. The zero-order valence-electron chi connectivity index (χ0n) is 16.5. The lowest BCUT2D eigenvalue weighted by molar-refractivity contribution is -0.112. The lowest BCUT2D eigenvalue weighted by atomic mass is 10.1. The van der Waals surface area contributed by atoms with Gasteiger partial charge in [0, 0.05) is 0 Å². The van der Waals surface area contributed by atoms with Crippen LogP contribution < -0.4 is 10.1 Å². The summed E-state index contributed by atoms with van der Waals surface area (Å²) in [4.78, 5) is 23.8. The number of halogens is 2. The lowest BCUT2D eigenvalue weighted by Gasteiger charge is -2.11. The van der Waals surface area contributed by atoms with Crippen LogP contribution in [0.3, 0.4) is 0 Å². The van der Waals surface area contributed by atoms with Crippen molar-refractivity contribution in [2.45, 2.75) is 6.61 Å². The molecule has 0 heterocycles.